The first-order valence-electron chi connectivity index (χ1n) is 8.02. The minimum atomic E-state index is -0.411. The number of hydrogen-bond donors (Lipinski definition) is 1. The van der Waals surface area contributed by atoms with Crippen molar-refractivity contribution in [1.29, 1.82) is 5.26 Å². The van der Waals surface area contributed by atoms with Gasteiger partial charge in [0.1, 0.15) is 6.04 Å². The molecule has 0 saturated carbocycles. The number of piperazine rings is 1. The molecule has 1 aliphatic rings. The summed E-state index contributed by atoms with van der Waals surface area (Å²) < 4.78 is 0. The van der Waals surface area contributed by atoms with Crippen LogP contribution in [0.25, 0.3) is 0 Å². The lowest BCUT2D eigenvalue weighted by Crippen LogP contribution is -2.47. The minimum absolute atomic E-state index is 0.203. The standard InChI is InChI=1S/C19H20N4O/c20-14-18(15-4-2-1-3-5-15)23-12-10-22(11-13-23)17-8-6-16(7-9-17)19(21)24/h1-9,18H,10-13H2,(H2,21,24). The highest BCUT2D eigenvalue weighted by Gasteiger charge is 2.24. The second-order valence-corrected chi connectivity index (χ2v) is 5.88. The van der Waals surface area contributed by atoms with Crippen LogP contribution < -0.4 is 10.6 Å². The molecule has 0 spiro atoms. The number of carbonyl (C=O) groups excluding carboxylic acids is 1. The summed E-state index contributed by atoms with van der Waals surface area (Å²) in [6, 6.07) is 19.5. The lowest BCUT2D eigenvalue weighted by molar-refractivity contribution is 0.100. The first kappa shape index (κ1) is 16.0. The van der Waals surface area contributed by atoms with E-state index in [0.717, 1.165) is 37.4 Å². The predicted molar refractivity (Wildman–Crippen MR) is 93.5 cm³/mol. The van der Waals surface area contributed by atoms with E-state index < -0.39 is 5.91 Å². The predicted octanol–water partition coefficient (Wildman–Crippen LogP) is 2.17. The maximum atomic E-state index is 11.1. The molecule has 1 fully saturated rings. The van der Waals surface area contributed by atoms with Crippen LogP contribution in [0.15, 0.2) is 54.6 Å². The third kappa shape index (κ3) is 3.39. The average Bonchev–Trinajstić information content (AvgIpc) is 2.64. The van der Waals surface area contributed by atoms with Gasteiger partial charge in [-0.15, -0.1) is 0 Å². The van der Waals surface area contributed by atoms with Crippen LogP contribution in [0.3, 0.4) is 0 Å². The highest BCUT2D eigenvalue weighted by molar-refractivity contribution is 5.93. The van der Waals surface area contributed by atoms with Gasteiger partial charge in [-0.3, -0.25) is 9.69 Å². The summed E-state index contributed by atoms with van der Waals surface area (Å²) >= 11 is 0. The van der Waals surface area contributed by atoms with Crippen LogP contribution in [0.1, 0.15) is 22.0 Å². The maximum Gasteiger partial charge on any atom is 0.248 e. The molecule has 0 aliphatic carbocycles. The van der Waals surface area contributed by atoms with E-state index in [9.17, 15) is 10.1 Å². The monoisotopic (exact) mass is 320 g/mol. The summed E-state index contributed by atoms with van der Waals surface area (Å²) in [6.45, 7) is 3.34. The van der Waals surface area contributed by atoms with E-state index in [1.54, 1.807) is 12.1 Å². The Morgan fingerprint density at radius 1 is 1.00 bits per heavy atom. The van der Waals surface area contributed by atoms with Crippen molar-refractivity contribution in [1.82, 2.24) is 4.90 Å². The van der Waals surface area contributed by atoms with Gasteiger partial charge in [-0.05, 0) is 29.8 Å². The number of carbonyl (C=O) groups is 1. The second-order valence-electron chi connectivity index (χ2n) is 5.88. The van der Waals surface area contributed by atoms with Gasteiger partial charge in [0.15, 0.2) is 0 Å². The Morgan fingerprint density at radius 2 is 1.62 bits per heavy atom. The fourth-order valence-electron chi connectivity index (χ4n) is 3.08. The number of anilines is 1. The van der Waals surface area contributed by atoms with Crippen molar-refractivity contribution < 1.29 is 4.79 Å². The summed E-state index contributed by atoms with van der Waals surface area (Å²) in [4.78, 5) is 15.6. The highest BCUT2D eigenvalue weighted by Crippen LogP contribution is 2.23. The van der Waals surface area contributed by atoms with Crippen LogP contribution in [0.5, 0.6) is 0 Å². The van der Waals surface area contributed by atoms with Crippen molar-refractivity contribution in [2.75, 3.05) is 31.1 Å². The van der Waals surface area contributed by atoms with E-state index in [1.807, 2.05) is 42.5 Å². The van der Waals surface area contributed by atoms with E-state index in [4.69, 9.17) is 5.73 Å². The molecule has 2 aromatic rings. The van der Waals surface area contributed by atoms with E-state index >= 15 is 0 Å². The SMILES string of the molecule is N#CC(c1ccccc1)N1CCN(c2ccc(C(N)=O)cc2)CC1. The number of amides is 1. The van der Waals surface area contributed by atoms with Crippen LogP contribution in [0.2, 0.25) is 0 Å². The lowest BCUT2D eigenvalue weighted by Gasteiger charge is -2.38. The van der Waals surface area contributed by atoms with Crippen molar-refractivity contribution in [2.24, 2.45) is 5.73 Å². The zero-order valence-corrected chi connectivity index (χ0v) is 13.4. The van der Waals surface area contributed by atoms with Crippen LogP contribution in [0, 0.1) is 11.3 Å². The van der Waals surface area contributed by atoms with Gasteiger partial charge in [-0.2, -0.15) is 5.26 Å². The number of nitrogens with zero attached hydrogens (tertiary/aromatic N) is 3. The molecule has 2 N–H and O–H groups in total. The Balaban J connectivity index is 1.65. The van der Waals surface area contributed by atoms with Crippen molar-refractivity contribution in [2.45, 2.75) is 6.04 Å². The van der Waals surface area contributed by atoms with Crippen LogP contribution >= 0.6 is 0 Å². The van der Waals surface area contributed by atoms with E-state index in [1.165, 1.54) is 0 Å². The fourth-order valence-corrected chi connectivity index (χ4v) is 3.08. The third-order valence-corrected chi connectivity index (χ3v) is 4.43. The Bertz CT molecular complexity index is 728. The van der Waals surface area contributed by atoms with Crippen LogP contribution in [-0.4, -0.2) is 37.0 Å². The number of nitrogens with two attached hydrogens (primary N) is 1. The van der Waals surface area contributed by atoms with Gasteiger partial charge in [0.2, 0.25) is 5.91 Å². The van der Waals surface area contributed by atoms with Crippen LogP contribution in [0.4, 0.5) is 5.69 Å². The second kappa shape index (κ2) is 7.16. The quantitative estimate of drug-likeness (QED) is 0.937. The number of benzene rings is 2. The van der Waals surface area contributed by atoms with Crippen molar-refractivity contribution in [3.05, 3.63) is 65.7 Å². The zero-order chi connectivity index (χ0) is 16.9. The Hall–Kier alpha value is -2.84. The summed E-state index contributed by atoms with van der Waals surface area (Å²) in [5, 5.41) is 9.55. The smallest absolute Gasteiger partial charge is 0.248 e. The van der Waals surface area contributed by atoms with Crippen molar-refractivity contribution in [3.8, 4) is 6.07 Å². The van der Waals surface area contributed by atoms with E-state index in [0.29, 0.717) is 5.56 Å². The summed E-state index contributed by atoms with van der Waals surface area (Å²) in [5.74, 6) is -0.411. The number of hydrogen-bond acceptors (Lipinski definition) is 4. The molecule has 2 aromatic carbocycles. The minimum Gasteiger partial charge on any atom is -0.369 e. The molecular formula is C19H20N4O. The number of nitriles is 1. The van der Waals surface area contributed by atoms with Gasteiger partial charge in [0.05, 0.1) is 6.07 Å². The molecule has 1 atom stereocenters. The molecule has 24 heavy (non-hydrogen) atoms. The summed E-state index contributed by atoms with van der Waals surface area (Å²) in [7, 11) is 0. The van der Waals surface area contributed by atoms with Crippen molar-refractivity contribution in [3.63, 3.8) is 0 Å². The third-order valence-electron chi connectivity index (χ3n) is 4.43. The van der Waals surface area contributed by atoms with Gasteiger partial charge in [0.25, 0.3) is 0 Å². The maximum absolute atomic E-state index is 11.1. The number of primary amides is 1. The molecule has 0 aromatic heterocycles. The zero-order valence-electron chi connectivity index (χ0n) is 13.4. The summed E-state index contributed by atoms with van der Waals surface area (Å²) in [6.07, 6.45) is 0. The van der Waals surface area contributed by atoms with Gasteiger partial charge in [-0.1, -0.05) is 30.3 Å². The molecule has 0 bridgehead atoms. The van der Waals surface area contributed by atoms with Gasteiger partial charge < -0.3 is 10.6 Å². The Labute approximate surface area is 141 Å². The topological polar surface area (TPSA) is 73.4 Å². The molecule has 122 valence electrons. The normalized spacial score (nSPS) is 16.4. The lowest BCUT2D eigenvalue weighted by atomic mass is 10.1. The molecule has 1 aliphatic heterocycles. The van der Waals surface area contributed by atoms with Crippen LogP contribution in [-0.2, 0) is 0 Å². The molecular weight excluding hydrogens is 300 g/mol. The fraction of sp³-hybridized carbons (Fsp3) is 0.263. The van der Waals surface area contributed by atoms with E-state index in [-0.39, 0.29) is 6.04 Å². The average molecular weight is 320 g/mol. The molecule has 0 radical (unpaired) electrons. The molecule has 3 rings (SSSR count). The molecule has 1 saturated heterocycles. The highest BCUT2D eigenvalue weighted by atomic mass is 16.1. The molecule has 1 unspecified atom stereocenters. The molecule has 1 heterocycles. The first-order chi connectivity index (χ1) is 11.7. The van der Waals surface area contributed by atoms with Gasteiger partial charge >= 0.3 is 0 Å². The van der Waals surface area contributed by atoms with Gasteiger partial charge in [-0.25, -0.2) is 0 Å². The Kier molecular flexibility index (Phi) is 4.78. The van der Waals surface area contributed by atoms with Gasteiger partial charge in [0, 0.05) is 37.4 Å². The molecule has 5 nitrogen and oxygen atoms in total. The largest absolute Gasteiger partial charge is 0.369 e. The van der Waals surface area contributed by atoms with Crippen molar-refractivity contribution >= 4 is 11.6 Å². The molecule has 5 heteroatoms. The Morgan fingerprint density at radius 3 is 2.17 bits per heavy atom. The first-order valence-corrected chi connectivity index (χ1v) is 8.02. The number of rotatable bonds is 4. The van der Waals surface area contributed by atoms with E-state index in [2.05, 4.69) is 15.9 Å². The molecule has 1 amide bonds. The summed E-state index contributed by atoms with van der Waals surface area (Å²) in [5.41, 5.74) is 7.91.